The molecule has 40 heavy (non-hydrogen) atoms. The Morgan fingerprint density at radius 3 is 2.33 bits per heavy atom. The van der Waals surface area contributed by atoms with Gasteiger partial charge in [0.2, 0.25) is 0 Å². The summed E-state index contributed by atoms with van der Waals surface area (Å²) in [5.41, 5.74) is 2.17. The zero-order valence-electron chi connectivity index (χ0n) is 23.2. The molecule has 0 heterocycles. The molecule has 0 fully saturated rings. The molecule has 9 heteroatoms. The van der Waals surface area contributed by atoms with Gasteiger partial charge in [-0.25, -0.2) is 9.59 Å². The second-order valence-electron chi connectivity index (χ2n) is 9.26. The minimum absolute atomic E-state index is 0.107. The van der Waals surface area contributed by atoms with Crippen molar-refractivity contribution in [2.24, 2.45) is 5.92 Å². The fourth-order valence-electron chi connectivity index (χ4n) is 3.79. The quantitative estimate of drug-likeness (QED) is 0.172. The predicted molar refractivity (Wildman–Crippen MR) is 149 cm³/mol. The molecule has 0 bridgehead atoms. The molecule has 0 aliphatic rings. The van der Waals surface area contributed by atoms with E-state index in [0.29, 0.717) is 24.3 Å². The molecule has 0 atom stereocenters. The van der Waals surface area contributed by atoms with Crippen molar-refractivity contribution in [1.82, 2.24) is 5.32 Å². The van der Waals surface area contributed by atoms with Crippen molar-refractivity contribution < 1.29 is 38.1 Å². The normalized spacial score (nSPS) is 10.7. The Bertz CT molecular complexity index is 1290. The van der Waals surface area contributed by atoms with Gasteiger partial charge < -0.3 is 29.0 Å². The lowest BCUT2D eigenvalue weighted by atomic mass is 9.93. The van der Waals surface area contributed by atoms with E-state index in [1.165, 1.54) is 13.2 Å². The third-order valence-corrected chi connectivity index (χ3v) is 5.82. The fraction of sp³-hybridized carbons (Fsp3) is 0.323. The molecule has 0 spiro atoms. The molecule has 0 saturated heterocycles. The van der Waals surface area contributed by atoms with E-state index < -0.39 is 11.9 Å². The molecule has 3 aromatic carbocycles. The summed E-state index contributed by atoms with van der Waals surface area (Å²) in [6.45, 7) is 4.95. The lowest BCUT2D eigenvalue weighted by Crippen LogP contribution is -2.27. The van der Waals surface area contributed by atoms with Gasteiger partial charge in [-0.2, -0.15) is 0 Å². The van der Waals surface area contributed by atoms with Crippen LogP contribution in [-0.4, -0.2) is 58.6 Å². The van der Waals surface area contributed by atoms with E-state index in [0.717, 1.165) is 5.56 Å². The highest BCUT2D eigenvalue weighted by molar-refractivity contribution is 6.06. The van der Waals surface area contributed by atoms with E-state index in [4.69, 9.17) is 23.7 Å². The minimum atomic E-state index is -0.703. The topological polar surface area (TPSA) is 109 Å². The van der Waals surface area contributed by atoms with Crippen LogP contribution >= 0.6 is 0 Å². The molecule has 1 amide bonds. The number of carbonyl (C=O) groups excluding carboxylic acids is 3. The van der Waals surface area contributed by atoms with Gasteiger partial charge >= 0.3 is 11.9 Å². The highest BCUT2D eigenvalue weighted by atomic mass is 16.7. The van der Waals surface area contributed by atoms with Gasteiger partial charge in [0.25, 0.3) is 5.91 Å². The molecule has 212 valence electrons. The summed E-state index contributed by atoms with van der Waals surface area (Å²) < 4.78 is 26.7. The van der Waals surface area contributed by atoms with Crippen LogP contribution < -0.4 is 10.1 Å². The van der Waals surface area contributed by atoms with E-state index in [2.05, 4.69) is 5.32 Å². The van der Waals surface area contributed by atoms with Gasteiger partial charge in [-0.05, 0) is 35.2 Å². The summed E-state index contributed by atoms with van der Waals surface area (Å²) in [7, 11) is 2.80. The number of rotatable bonds is 14. The van der Waals surface area contributed by atoms with E-state index in [9.17, 15) is 14.4 Å². The Hall–Kier alpha value is -4.21. The largest absolute Gasteiger partial charge is 0.488 e. The van der Waals surface area contributed by atoms with Crippen molar-refractivity contribution >= 4 is 17.8 Å². The Labute approximate surface area is 234 Å². The van der Waals surface area contributed by atoms with E-state index in [1.54, 1.807) is 37.4 Å². The molecule has 9 nitrogen and oxygen atoms in total. The molecule has 0 aliphatic heterocycles. The summed E-state index contributed by atoms with van der Waals surface area (Å²) in [5, 5.41) is 2.84. The number of carbonyl (C=O) groups is 3. The summed E-state index contributed by atoms with van der Waals surface area (Å²) >= 11 is 0. The van der Waals surface area contributed by atoms with Crippen LogP contribution in [0.1, 0.15) is 50.5 Å². The highest BCUT2D eigenvalue weighted by Crippen LogP contribution is 2.35. The fourth-order valence-corrected chi connectivity index (χ4v) is 3.79. The maximum atomic E-state index is 13.4. The van der Waals surface area contributed by atoms with E-state index >= 15 is 0 Å². The van der Waals surface area contributed by atoms with Crippen molar-refractivity contribution in [3.63, 3.8) is 0 Å². The number of nitrogens with one attached hydrogen (secondary N) is 1. The molecule has 3 aromatic rings. The maximum absolute atomic E-state index is 13.4. The van der Waals surface area contributed by atoms with Crippen molar-refractivity contribution in [3.05, 3.63) is 89.0 Å². The first-order chi connectivity index (χ1) is 19.3. The first-order valence-corrected chi connectivity index (χ1v) is 12.9. The third-order valence-electron chi connectivity index (χ3n) is 5.82. The van der Waals surface area contributed by atoms with Gasteiger partial charge in [-0.1, -0.05) is 62.4 Å². The van der Waals surface area contributed by atoms with Crippen molar-refractivity contribution in [1.29, 1.82) is 0 Å². The average Bonchev–Trinajstić information content (AvgIpc) is 2.98. The Kier molecular flexibility index (Phi) is 11.7. The van der Waals surface area contributed by atoms with Crippen molar-refractivity contribution in [3.8, 4) is 16.9 Å². The van der Waals surface area contributed by atoms with Crippen LogP contribution in [0.5, 0.6) is 5.75 Å². The minimum Gasteiger partial charge on any atom is -0.488 e. The molecular formula is C31H35NO8. The highest BCUT2D eigenvalue weighted by Gasteiger charge is 2.25. The molecular weight excluding hydrogens is 514 g/mol. The summed E-state index contributed by atoms with van der Waals surface area (Å²) in [6.07, 6.45) is 0. The van der Waals surface area contributed by atoms with Gasteiger partial charge in [0, 0.05) is 24.8 Å². The van der Waals surface area contributed by atoms with Crippen molar-refractivity contribution in [2.45, 2.75) is 20.5 Å². The summed E-state index contributed by atoms with van der Waals surface area (Å²) in [4.78, 5) is 39.0. The number of benzene rings is 3. The number of amides is 1. The van der Waals surface area contributed by atoms with Crippen LogP contribution in [0.2, 0.25) is 0 Å². The van der Waals surface area contributed by atoms with Gasteiger partial charge in [-0.3, -0.25) is 4.79 Å². The number of hydrogen-bond donors (Lipinski definition) is 1. The van der Waals surface area contributed by atoms with Crippen molar-refractivity contribution in [2.75, 3.05) is 40.8 Å². The summed E-state index contributed by atoms with van der Waals surface area (Å²) in [5.74, 6) is -1.16. The Morgan fingerprint density at radius 1 is 0.850 bits per heavy atom. The van der Waals surface area contributed by atoms with E-state index in [-0.39, 0.29) is 54.3 Å². The van der Waals surface area contributed by atoms with Gasteiger partial charge in [-0.15, -0.1) is 0 Å². The van der Waals surface area contributed by atoms with Crippen LogP contribution in [0.25, 0.3) is 11.1 Å². The predicted octanol–water partition coefficient (Wildman–Crippen LogP) is 4.88. The summed E-state index contributed by atoms with van der Waals surface area (Å²) in [6, 6.07) is 19.2. The number of hydrogen-bond acceptors (Lipinski definition) is 8. The SMILES string of the molecule is COCCOCOC(=O)c1c(OCc2ccccc2)cccc1-c1ccc(C(=O)NCC(C)C)cc1C(=O)OC. The molecule has 0 aromatic heterocycles. The third kappa shape index (κ3) is 8.39. The second-order valence-corrected chi connectivity index (χ2v) is 9.26. The number of ether oxygens (including phenoxy) is 5. The monoisotopic (exact) mass is 549 g/mol. The molecule has 3 rings (SSSR count). The van der Waals surface area contributed by atoms with Crippen LogP contribution in [0.4, 0.5) is 0 Å². The first-order valence-electron chi connectivity index (χ1n) is 12.9. The van der Waals surface area contributed by atoms with Gasteiger partial charge in [0.1, 0.15) is 17.9 Å². The van der Waals surface area contributed by atoms with E-state index in [1.807, 2.05) is 44.2 Å². The zero-order chi connectivity index (χ0) is 28.9. The van der Waals surface area contributed by atoms with Crippen LogP contribution in [0.3, 0.4) is 0 Å². The van der Waals surface area contributed by atoms with Crippen LogP contribution in [-0.2, 0) is 25.6 Å². The van der Waals surface area contributed by atoms with Gasteiger partial charge in [0.05, 0.1) is 25.9 Å². The lowest BCUT2D eigenvalue weighted by molar-refractivity contribution is -0.0437. The first kappa shape index (κ1) is 30.3. The Balaban J connectivity index is 2.03. The standard InChI is InChI=1S/C31H35NO8/c1-21(2)18-32-29(33)23-13-14-24(26(17-23)30(34)37-4)25-11-8-12-27(39-19-22-9-6-5-7-10-22)28(25)31(35)40-20-38-16-15-36-3/h5-14,17,21H,15-16,18-20H2,1-4H3,(H,32,33). The average molecular weight is 550 g/mol. The number of methoxy groups -OCH3 is 2. The van der Waals surface area contributed by atoms with Crippen LogP contribution in [0.15, 0.2) is 66.7 Å². The Morgan fingerprint density at radius 2 is 1.62 bits per heavy atom. The maximum Gasteiger partial charge on any atom is 0.344 e. The zero-order valence-corrected chi connectivity index (χ0v) is 23.2. The van der Waals surface area contributed by atoms with Gasteiger partial charge in [0.15, 0.2) is 6.79 Å². The van der Waals surface area contributed by atoms with Crippen LogP contribution in [0, 0.1) is 5.92 Å². The molecule has 0 unspecified atom stereocenters. The molecule has 0 saturated carbocycles. The lowest BCUT2D eigenvalue weighted by Gasteiger charge is -2.17. The second kappa shape index (κ2) is 15.4. The number of esters is 2. The molecule has 0 aliphatic carbocycles. The molecule has 0 radical (unpaired) electrons. The molecule has 1 N–H and O–H groups in total. The smallest absolute Gasteiger partial charge is 0.344 e.